The second-order valence-electron chi connectivity index (χ2n) is 2.72. The molecule has 58 valence electrons. The standard InChI is InChI=1S/C8H10N2O/c11-8-5-9-3-2-7-6(8)1-4-10-7/h1,4,9-10H,2-3,5H2. The molecule has 1 aromatic rings. The van der Waals surface area contributed by atoms with Crippen molar-refractivity contribution in [2.45, 2.75) is 6.42 Å². The molecule has 0 spiro atoms. The summed E-state index contributed by atoms with van der Waals surface area (Å²) < 4.78 is 0. The summed E-state index contributed by atoms with van der Waals surface area (Å²) in [5.74, 6) is 0.193. The molecule has 0 amide bonds. The van der Waals surface area contributed by atoms with E-state index in [0.717, 1.165) is 24.2 Å². The largest absolute Gasteiger partial charge is 0.364 e. The maximum absolute atomic E-state index is 11.3. The Balaban J connectivity index is 2.41. The topological polar surface area (TPSA) is 44.9 Å². The van der Waals surface area contributed by atoms with E-state index in [0.29, 0.717) is 6.54 Å². The maximum Gasteiger partial charge on any atom is 0.178 e. The Hall–Kier alpha value is -1.09. The molecule has 2 rings (SSSR count). The first-order valence-electron chi connectivity index (χ1n) is 3.78. The fourth-order valence-corrected chi connectivity index (χ4v) is 1.38. The molecule has 0 radical (unpaired) electrons. The van der Waals surface area contributed by atoms with Gasteiger partial charge in [0.2, 0.25) is 0 Å². The molecule has 0 saturated carbocycles. The van der Waals surface area contributed by atoms with E-state index in [1.165, 1.54) is 0 Å². The number of carbonyl (C=O) groups is 1. The Morgan fingerprint density at radius 3 is 3.27 bits per heavy atom. The third-order valence-electron chi connectivity index (χ3n) is 1.97. The monoisotopic (exact) mass is 150 g/mol. The van der Waals surface area contributed by atoms with Crippen LogP contribution in [0.4, 0.5) is 0 Å². The summed E-state index contributed by atoms with van der Waals surface area (Å²) >= 11 is 0. The van der Waals surface area contributed by atoms with Crippen LogP contribution in [-0.4, -0.2) is 23.9 Å². The van der Waals surface area contributed by atoms with Crippen LogP contribution in [-0.2, 0) is 6.42 Å². The molecule has 3 nitrogen and oxygen atoms in total. The van der Waals surface area contributed by atoms with Crippen molar-refractivity contribution in [3.8, 4) is 0 Å². The highest BCUT2D eigenvalue weighted by Gasteiger charge is 2.14. The highest BCUT2D eigenvalue weighted by molar-refractivity contribution is 5.99. The molecule has 1 aliphatic heterocycles. The number of H-pyrrole nitrogens is 1. The molecular formula is C8H10N2O. The molecule has 0 atom stereocenters. The quantitative estimate of drug-likeness (QED) is 0.560. The summed E-state index contributed by atoms with van der Waals surface area (Å²) in [7, 11) is 0. The van der Waals surface area contributed by atoms with Crippen molar-refractivity contribution in [1.82, 2.24) is 10.3 Å². The van der Waals surface area contributed by atoms with Gasteiger partial charge in [-0.1, -0.05) is 0 Å². The van der Waals surface area contributed by atoms with E-state index in [4.69, 9.17) is 0 Å². The van der Waals surface area contributed by atoms with Gasteiger partial charge >= 0.3 is 0 Å². The normalized spacial score (nSPS) is 17.6. The minimum Gasteiger partial charge on any atom is -0.364 e. The van der Waals surface area contributed by atoms with Crippen LogP contribution >= 0.6 is 0 Å². The Bertz CT molecular complexity index is 277. The number of nitrogens with one attached hydrogen (secondary N) is 2. The van der Waals surface area contributed by atoms with Crippen molar-refractivity contribution in [3.05, 3.63) is 23.5 Å². The van der Waals surface area contributed by atoms with Crippen LogP contribution < -0.4 is 5.32 Å². The summed E-state index contributed by atoms with van der Waals surface area (Å²) in [5.41, 5.74) is 1.93. The van der Waals surface area contributed by atoms with Gasteiger partial charge < -0.3 is 10.3 Å². The molecule has 11 heavy (non-hydrogen) atoms. The molecule has 2 heterocycles. The first-order chi connectivity index (χ1) is 5.38. The first kappa shape index (κ1) is 6.61. The molecule has 0 aromatic carbocycles. The van der Waals surface area contributed by atoms with Crippen molar-refractivity contribution in [2.75, 3.05) is 13.1 Å². The third-order valence-corrected chi connectivity index (χ3v) is 1.97. The molecule has 1 aliphatic rings. The van der Waals surface area contributed by atoms with E-state index < -0.39 is 0 Å². The smallest absolute Gasteiger partial charge is 0.178 e. The van der Waals surface area contributed by atoms with E-state index >= 15 is 0 Å². The Morgan fingerprint density at radius 2 is 2.36 bits per heavy atom. The lowest BCUT2D eigenvalue weighted by Gasteiger charge is -1.93. The van der Waals surface area contributed by atoms with E-state index in [1.807, 2.05) is 12.3 Å². The van der Waals surface area contributed by atoms with Gasteiger partial charge in [0.15, 0.2) is 5.78 Å². The molecule has 0 saturated heterocycles. The molecule has 1 aromatic heterocycles. The van der Waals surface area contributed by atoms with Crippen molar-refractivity contribution in [2.24, 2.45) is 0 Å². The summed E-state index contributed by atoms with van der Waals surface area (Å²) in [5, 5.41) is 3.06. The van der Waals surface area contributed by atoms with Crippen molar-refractivity contribution >= 4 is 5.78 Å². The van der Waals surface area contributed by atoms with Gasteiger partial charge in [0.05, 0.1) is 6.54 Å². The third kappa shape index (κ3) is 1.07. The fourth-order valence-electron chi connectivity index (χ4n) is 1.38. The maximum atomic E-state index is 11.3. The van der Waals surface area contributed by atoms with Crippen LogP contribution in [0.1, 0.15) is 16.1 Å². The molecule has 0 unspecified atom stereocenters. The van der Waals surface area contributed by atoms with Gasteiger partial charge in [0, 0.05) is 30.4 Å². The zero-order chi connectivity index (χ0) is 7.68. The lowest BCUT2D eigenvalue weighted by Crippen LogP contribution is -2.21. The Labute approximate surface area is 64.8 Å². The molecule has 0 fully saturated rings. The first-order valence-corrected chi connectivity index (χ1v) is 3.78. The number of carbonyl (C=O) groups excluding carboxylic acids is 1. The fraction of sp³-hybridized carbons (Fsp3) is 0.375. The van der Waals surface area contributed by atoms with Crippen LogP contribution in [0.25, 0.3) is 0 Å². The van der Waals surface area contributed by atoms with Crippen LogP contribution in [0.5, 0.6) is 0 Å². The summed E-state index contributed by atoms with van der Waals surface area (Å²) in [6.45, 7) is 1.37. The average Bonchev–Trinajstić information content (AvgIpc) is 2.40. The minimum absolute atomic E-state index is 0.193. The van der Waals surface area contributed by atoms with Crippen LogP contribution in [0.15, 0.2) is 12.3 Å². The van der Waals surface area contributed by atoms with Crippen molar-refractivity contribution in [3.63, 3.8) is 0 Å². The summed E-state index contributed by atoms with van der Waals surface area (Å²) in [4.78, 5) is 14.4. The van der Waals surface area contributed by atoms with Gasteiger partial charge in [0.1, 0.15) is 0 Å². The van der Waals surface area contributed by atoms with Gasteiger partial charge in [-0.05, 0) is 6.07 Å². The average molecular weight is 150 g/mol. The zero-order valence-corrected chi connectivity index (χ0v) is 6.18. The zero-order valence-electron chi connectivity index (χ0n) is 6.18. The SMILES string of the molecule is O=C1CNCCc2[nH]ccc21. The summed E-state index contributed by atoms with van der Waals surface area (Å²) in [6.07, 6.45) is 2.75. The lowest BCUT2D eigenvalue weighted by molar-refractivity contribution is 0.0994. The number of hydrogen-bond acceptors (Lipinski definition) is 2. The minimum atomic E-state index is 0.193. The van der Waals surface area contributed by atoms with E-state index in [2.05, 4.69) is 10.3 Å². The predicted octanol–water partition coefficient (Wildman–Crippen LogP) is 0.343. The van der Waals surface area contributed by atoms with Crippen LogP contribution in [0.2, 0.25) is 0 Å². The van der Waals surface area contributed by atoms with Gasteiger partial charge in [-0.15, -0.1) is 0 Å². The highest BCUT2D eigenvalue weighted by atomic mass is 16.1. The molecule has 0 aliphatic carbocycles. The van der Waals surface area contributed by atoms with Crippen LogP contribution in [0.3, 0.4) is 0 Å². The molecule has 3 heteroatoms. The van der Waals surface area contributed by atoms with Crippen molar-refractivity contribution in [1.29, 1.82) is 0 Å². The second-order valence-corrected chi connectivity index (χ2v) is 2.72. The van der Waals surface area contributed by atoms with E-state index in [9.17, 15) is 4.79 Å². The van der Waals surface area contributed by atoms with E-state index in [-0.39, 0.29) is 5.78 Å². The Morgan fingerprint density at radius 1 is 1.45 bits per heavy atom. The lowest BCUT2D eigenvalue weighted by atomic mass is 10.1. The predicted molar refractivity (Wildman–Crippen MR) is 41.7 cm³/mol. The van der Waals surface area contributed by atoms with Gasteiger partial charge in [-0.2, -0.15) is 0 Å². The summed E-state index contributed by atoms with van der Waals surface area (Å²) in [6, 6.07) is 1.85. The second kappa shape index (κ2) is 2.51. The van der Waals surface area contributed by atoms with Gasteiger partial charge in [0.25, 0.3) is 0 Å². The molecule has 0 bridgehead atoms. The Kier molecular flexibility index (Phi) is 1.51. The number of rotatable bonds is 0. The van der Waals surface area contributed by atoms with Crippen molar-refractivity contribution < 1.29 is 4.79 Å². The molecule has 2 N–H and O–H groups in total. The van der Waals surface area contributed by atoms with Crippen LogP contribution in [0, 0.1) is 0 Å². The number of fused-ring (bicyclic) bond motifs is 1. The number of ketones is 1. The molecular weight excluding hydrogens is 140 g/mol. The number of aromatic amines is 1. The highest BCUT2D eigenvalue weighted by Crippen LogP contribution is 2.09. The number of aromatic nitrogens is 1. The number of Topliss-reactive ketones (excluding diaryl/α,β-unsaturated/α-hetero) is 1. The van der Waals surface area contributed by atoms with E-state index in [1.54, 1.807) is 0 Å². The number of hydrogen-bond donors (Lipinski definition) is 2. The van der Waals surface area contributed by atoms with Gasteiger partial charge in [-0.3, -0.25) is 4.79 Å². The van der Waals surface area contributed by atoms with Gasteiger partial charge in [-0.25, -0.2) is 0 Å².